The number of hydrogen-bond acceptors (Lipinski definition) is 4. The summed E-state index contributed by atoms with van der Waals surface area (Å²) in [5.41, 5.74) is 0.258. The number of benzene rings is 1. The summed E-state index contributed by atoms with van der Waals surface area (Å²) in [4.78, 5) is 22.9. The van der Waals surface area contributed by atoms with Gasteiger partial charge in [-0.1, -0.05) is 36.4 Å². The van der Waals surface area contributed by atoms with Gasteiger partial charge in [0.15, 0.2) is 0 Å². The van der Waals surface area contributed by atoms with E-state index in [9.17, 15) is 9.59 Å². The first-order valence-electron chi connectivity index (χ1n) is 6.44. The molecule has 0 atom stereocenters. The first kappa shape index (κ1) is 16.0. The van der Waals surface area contributed by atoms with E-state index >= 15 is 0 Å². The van der Waals surface area contributed by atoms with Crippen LogP contribution in [0.1, 0.15) is 19.4 Å². The van der Waals surface area contributed by atoms with Gasteiger partial charge in [0, 0.05) is 12.5 Å². The van der Waals surface area contributed by atoms with Crippen LogP contribution >= 0.6 is 0 Å². The second-order valence-corrected chi connectivity index (χ2v) is 4.95. The molecule has 108 valence electrons. The fraction of sp³-hybridized carbons (Fsp3) is 0.375. The van der Waals surface area contributed by atoms with Crippen molar-refractivity contribution in [2.45, 2.75) is 20.3 Å². The van der Waals surface area contributed by atoms with Gasteiger partial charge in [0.1, 0.15) is 0 Å². The summed E-state index contributed by atoms with van der Waals surface area (Å²) in [5.74, 6) is -0.858. The summed E-state index contributed by atoms with van der Waals surface area (Å²) in [5, 5.41) is 0. The monoisotopic (exact) mass is 276 g/mol. The molecule has 0 amide bonds. The van der Waals surface area contributed by atoms with Crippen LogP contribution in [0, 0.1) is 5.41 Å². The minimum atomic E-state index is -0.856. The average Bonchev–Trinajstić information content (AvgIpc) is 2.45. The summed E-state index contributed by atoms with van der Waals surface area (Å²) >= 11 is 0. The minimum absolute atomic E-state index is 0.318. The number of methoxy groups -OCH3 is 1. The second-order valence-electron chi connectivity index (χ2n) is 4.95. The first-order chi connectivity index (χ1) is 9.45. The Morgan fingerprint density at radius 3 is 2.45 bits per heavy atom. The van der Waals surface area contributed by atoms with Crippen molar-refractivity contribution in [1.29, 1.82) is 0 Å². The Kier molecular flexibility index (Phi) is 5.97. The Hall–Kier alpha value is -2.10. The fourth-order valence-electron chi connectivity index (χ4n) is 1.50. The Morgan fingerprint density at radius 1 is 1.20 bits per heavy atom. The lowest BCUT2D eigenvalue weighted by atomic mass is 9.93. The third-order valence-corrected chi connectivity index (χ3v) is 2.83. The molecule has 0 unspecified atom stereocenters. The molecule has 0 aliphatic rings. The van der Waals surface area contributed by atoms with E-state index in [1.54, 1.807) is 13.8 Å². The lowest BCUT2D eigenvalue weighted by molar-refractivity contribution is -0.151. The quantitative estimate of drug-likeness (QED) is 0.592. The highest BCUT2D eigenvalue weighted by Crippen LogP contribution is 2.19. The van der Waals surface area contributed by atoms with Gasteiger partial charge in [0.2, 0.25) is 0 Å². The zero-order valence-corrected chi connectivity index (χ0v) is 12.1. The molecule has 1 rings (SSSR count). The molecule has 20 heavy (non-hydrogen) atoms. The number of carbonyl (C=O) groups is 2. The van der Waals surface area contributed by atoms with Crippen LogP contribution in [0.4, 0.5) is 0 Å². The zero-order chi connectivity index (χ0) is 15.0. The van der Waals surface area contributed by atoms with Gasteiger partial charge in [-0.2, -0.15) is 0 Å². The molecule has 0 aromatic heterocycles. The fourth-order valence-corrected chi connectivity index (χ4v) is 1.50. The van der Waals surface area contributed by atoms with Gasteiger partial charge in [-0.25, -0.2) is 4.79 Å². The van der Waals surface area contributed by atoms with Gasteiger partial charge in [-0.3, -0.25) is 4.79 Å². The van der Waals surface area contributed by atoms with Crippen molar-refractivity contribution in [2.24, 2.45) is 5.41 Å². The largest absolute Gasteiger partial charge is 0.466 e. The molecule has 0 aliphatic carbocycles. The van der Waals surface area contributed by atoms with Crippen LogP contribution in [-0.4, -0.2) is 25.7 Å². The molecular formula is C16H20O4. The van der Waals surface area contributed by atoms with Crippen LogP contribution in [0.5, 0.6) is 0 Å². The van der Waals surface area contributed by atoms with E-state index in [-0.39, 0.29) is 5.97 Å². The molecule has 0 fully saturated rings. The van der Waals surface area contributed by atoms with E-state index in [2.05, 4.69) is 4.74 Å². The molecule has 0 N–H and O–H groups in total. The molecular weight excluding hydrogens is 256 g/mol. The summed E-state index contributed by atoms with van der Waals surface area (Å²) in [6.45, 7) is 3.70. The lowest BCUT2D eigenvalue weighted by Gasteiger charge is -2.18. The third kappa shape index (κ3) is 5.26. The van der Waals surface area contributed by atoms with Crippen molar-refractivity contribution >= 4 is 11.9 Å². The summed E-state index contributed by atoms with van der Waals surface area (Å²) < 4.78 is 9.72. The highest BCUT2D eigenvalue weighted by Gasteiger charge is 2.26. The molecule has 0 radical (unpaired) electrons. The van der Waals surface area contributed by atoms with E-state index in [1.807, 2.05) is 30.3 Å². The minimum Gasteiger partial charge on any atom is -0.466 e. The average molecular weight is 276 g/mol. The predicted molar refractivity (Wildman–Crippen MR) is 76.0 cm³/mol. The van der Waals surface area contributed by atoms with Gasteiger partial charge in [-0.05, 0) is 19.4 Å². The normalized spacial score (nSPS) is 11.3. The molecule has 4 nitrogen and oxygen atoms in total. The molecule has 0 heterocycles. The SMILES string of the molecule is COC(=O)/C=C/C(C)(C)C(=O)OCCc1ccccc1. The van der Waals surface area contributed by atoms with Gasteiger partial charge < -0.3 is 9.47 Å². The highest BCUT2D eigenvalue weighted by atomic mass is 16.5. The second kappa shape index (κ2) is 7.48. The molecule has 0 bridgehead atoms. The predicted octanol–water partition coefficient (Wildman–Crippen LogP) is 2.53. The summed E-state index contributed by atoms with van der Waals surface area (Å²) in [6, 6.07) is 9.79. The van der Waals surface area contributed by atoms with Gasteiger partial charge in [0.25, 0.3) is 0 Å². The summed E-state index contributed by atoms with van der Waals surface area (Å²) in [6.07, 6.45) is 3.39. The van der Waals surface area contributed by atoms with Crippen molar-refractivity contribution < 1.29 is 19.1 Å². The van der Waals surface area contributed by atoms with Crippen molar-refractivity contribution in [3.63, 3.8) is 0 Å². The Morgan fingerprint density at radius 2 is 1.85 bits per heavy atom. The van der Waals surface area contributed by atoms with Crippen molar-refractivity contribution in [1.82, 2.24) is 0 Å². The first-order valence-corrected chi connectivity index (χ1v) is 6.44. The maximum absolute atomic E-state index is 11.9. The van der Waals surface area contributed by atoms with E-state index in [4.69, 9.17) is 4.74 Å². The maximum Gasteiger partial charge on any atom is 0.330 e. The number of hydrogen-bond donors (Lipinski definition) is 0. The van der Waals surface area contributed by atoms with Crippen molar-refractivity contribution in [2.75, 3.05) is 13.7 Å². The van der Waals surface area contributed by atoms with Crippen LogP contribution in [0.25, 0.3) is 0 Å². The van der Waals surface area contributed by atoms with Crippen molar-refractivity contribution in [3.05, 3.63) is 48.0 Å². The molecule has 0 saturated carbocycles. The van der Waals surface area contributed by atoms with Gasteiger partial charge in [-0.15, -0.1) is 0 Å². The van der Waals surface area contributed by atoms with E-state index in [0.29, 0.717) is 13.0 Å². The molecule has 0 spiro atoms. The Balaban J connectivity index is 2.45. The molecule has 0 aliphatic heterocycles. The van der Waals surface area contributed by atoms with E-state index < -0.39 is 11.4 Å². The molecule has 1 aromatic rings. The van der Waals surface area contributed by atoms with Crippen LogP contribution in [0.15, 0.2) is 42.5 Å². The van der Waals surface area contributed by atoms with Crippen molar-refractivity contribution in [3.8, 4) is 0 Å². The number of ether oxygens (including phenoxy) is 2. The third-order valence-electron chi connectivity index (χ3n) is 2.83. The van der Waals surface area contributed by atoms with Crippen LogP contribution in [0.3, 0.4) is 0 Å². The standard InChI is InChI=1S/C16H20O4/c1-16(2,11-9-14(17)19-3)15(18)20-12-10-13-7-5-4-6-8-13/h4-9,11H,10,12H2,1-3H3/b11-9+. The van der Waals surface area contributed by atoms with Crippen LogP contribution in [0.2, 0.25) is 0 Å². The van der Waals surface area contributed by atoms with E-state index in [1.165, 1.54) is 19.3 Å². The molecule has 4 heteroatoms. The Bertz CT molecular complexity index is 475. The Labute approximate surface area is 119 Å². The smallest absolute Gasteiger partial charge is 0.330 e. The zero-order valence-electron chi connectivity index (χ0n) is 12.1. The number of rotatable bonds is 6. The van der Waals surface area contributed by atoms with Crippen LogP contribution < -0.4 is 0 Å². The number of carbonyl (C=O) groups excluding carboxylic acids is 2. The highest BCUT2D eigenvalue weighted by molar-refractivity contribution is 5.85. The number of esters is 2. The molecule has 0 saturated heterocycles. The topological polar surface area (TPSA) is 52.6 Å². The maximum atomic E-state index is 11.9. The van der Waals surface area contributed by atoms with Gasteiger partial charge >= 0.3 is 11.9 Å². The van der Waals surface area contributed by atoms with E-state index in [0.717, 1.165) is 5.56 Å². The van der Waals surface area contributed by atoms with Gasteiger partial charge in [0.05, 0.1) is 19.1 Å². The summed E-state index contributed by atoms with van der Waals surface area (Å²) in [7, 11) is 1.29. The lowest BCUT2D eigenvalue weighted by Crippen LogP contribution is -2.25. The van der Waals surface area contributed by atoms with Crippen LogP contribution in [-0.2, 0) is 25.5 Å². The molecule has 1 aromatic carbocycles.